The molecular formula is C12H12ClN3OS. The normalized spacial score (nSPS) is 10.6. The van der Waals surface area contributed by atoms with Gasteiger partial charge in [-0.05, 0) is 12.1 Å². The molecule has 0 saturated heterocycles. The van der Waals surface area contributed by atoms with E-state index in [4.69, 9.17) is 17.3 Å². The number of nitrogens with two attached hydrogens (primary N) is 1. The first kappa shape index (κ1) is 13.1. The molecular weight excluding hydrogens is 270 g/mol. The van der Waals surface area contributed by atoms with Crippen molar-refractivity contribution in [1.82, 2.24) is 9.97 Å². The summed E-state index contributed by atoms with van der Waals surface area (Å²) in [7, 11) is 0. The second kappa shape index (κ2) is 6.04. The Hall–Kier alpha value is -1.30. The van der Waals surface area contributed by atoms with Crippen LogP contribution in [-0.2, 0) is 12.3 Å². The van der Waals surface area contributed by atoms with Crippen LogP contribution in [0.4, 0.5) is 0 Å². The molecule has 0 atom stereocenters. The van der Waals surface area contributed by atoms with E-state index in [2.05, 4.69) is 9.97 Å². The minimum atomic E-state index is -0.180. The van der Waals surface area contributed by atoms with Crippen LogP contribution in [0.1, 0.15) is 11.5 Å². The predicted octanol–water partition coefficient (Wildman–Crippen LogP) is 2.17. The Balaban J connectivity index is 2.13. The van der Waals surface area contributed by atoms with Crippen molar-refractivity contribution in [2.45, 2.75) is 17.2 Å². The maximum atomic E-state index is 11.4. The molecule has 0 radical (unpaired) electrons. The third-order valence-corrected chi connectivity index (χ3v) is 3.78. The van der Waals surface area contributed by atoms with Gasteiger partial charge in [0, 0.05) is 17.5 Å². The van der Waals surface area contributed by atoms with E-state index in [0.29, 0.717) is 22.3 Å². The average Bonchev–Trinajstić information content (AvgIpc) is 2.37. The van der Waals surface area contributed by atoms with Crippen LogP contribution in [0, 0.1) is 0 Å². The minimum Gasteiger partial charge on any atom is -0.325 e. The molecule has 2 aromatic rings. The molecule has 0 fully saturated rings. The molecule has 0 amide bonds. The quantitative estimate of drug-likeness (QED) is 0.843. The molecule has 3 N–H and O–H groups in total. The van der Waals surface area contributed by atoms with Gasteiger partial charge in [0.2, 0.25) is 0 Å². The van der Waals surface area contributed by atoms with Gasteiger partial charge in [-0.15, -0.1) is 11.8 Å². The van der Waals surface area contributed by atoms with E-state index in [1.54, 1.807) is 0 Å². The maximum absolute atomic E-state index is 11.4. The molecule has 0 spiro atoms. The Morgan fingerprint density at radius 1 is 1.39 bits per heavy atom. The van der Waals surface area contributed by atoms with Crippen molar-refractivity contribution in [3.8, 4) is 0 Å². The number of benzene rings is 1. The SMILES string of the molecule is NCc1cc(=O)[nH]c(CSc2ccccc2Cl)n1. The lowest BCUT2D eigenvalue weighted by Crippen LogP contribution is -2.14. The van der Waals surface area contributed by atoms with Crippen LogP contribution in [0.25, 0.3) is 0 Å². The van der Waals surface area contributed by atoms with Crippen LogP contribution >= 0.6 is 23.4 Å². The Kier molecular flexibility index (Phi) is 4.41. The highest BCUT2D eigenvalue weighted by Crippen LogP contribution is 2.28. The number of hydrogen-bond donors (Lipinski definition) is 2. The molecule has 0 aliphatic rings. The first-order valence-electron chi connectivity index (χ1n) is 5.35. The third kappa shape index (κ3) is 3.35. The Labute approximate surface area is 114 Å². The highest BCUT2D eigenvalue weighted by atomic mass is 35.5. The van der Waals surface area contributed by atoms with Gasteiger partial charge >= 0.3 is 0 Å². The van der Waals surface area contributed by atoms with E-state index in [-0.39, 0.29) is 12.1 Å². The van der Waals surface area contributed by atoms with Crippen molar-refractivity contribution in [3.63, 3.8) is 0 Å². The van der Waals surface area contributed by atoms with E-state index in [1.807, 2.05) is 24.3 Å². The smallest absolute Gasteiger partial charge is 0.251 e. The number of aromatic amines is 1. The number of H-pyrrole nitrogens is 1. The Morgan fingerprint density at radius 2 is 2.17 bits per heavy atom. The molecule has 4 nitrogen and oxygen atoms in total. The molecule has 0 bridgehead atoms. The topological polar surface area (TPSA) is 71.8 Å². The van der Waals surface area contributed by atoms with E-state index in [9.17, 15) is 4.79 Å². The molecule has 1 aromatic heterocycles. The van der Waals surface area contributed by atoms with Gasteiger partial charge in [0.1, 0.15) is 5.82 Å². The van der Waals surface area contributed by atoms with E-state index in [0.717, 1.165) is 4.90 Å². The largest absolute Gasteiger partial charge is 0.325 e. The van der Waals surface area contributed by atoms with Gasteiger partial charge in [-0.3, -0.25) is 4.79 Å². The van der Waals surface area contributed by atoms with Gasteiger partial charge in [-0.1, -0.05) is 23.7 Å². The second-order valence-electron chi connectivity index (χ2n) is 3.61. The van der Waals surface area contributed by atoms with E-state index < -0.39 is 0 Å². The minimum absolute atomic E-state index is 0.180. The lowest BCUT2D eigenvalue weighted by atomic mass is 10.4. The fourth-order valence-corrected chi connectivity index (χ4v) is 2.55. The fraction of sp³-hybridized carbons (Fsp3) is 0.167. The molecule has 6 heteroatoms. The van der Waals surface area contributed by atoms with Crippen molar-refractivity contribution in [2.24, 2.45) is 5.73 Å². The lowest BCUT2D eigenvalue weighted by Gasteiger charge is -2.04. The standard InChI is InChI=1S/C12H12ClN3OS/c13-9-3-1-2-4-10(9)18-7-11-15-8(6-14)5-12(17)16-11/h1-5H,6-7,14H2,(H,15,16,17). The van der Waals surface area contributed by atoms with Crippen LogP contribution in [0.3, 0.4) is 0 Å². The van der Waals surface area contributed by atoms with Crippen molar-refractivity contribution in [2.75, 3.05) is 0 Å². The number of nitrogens with one attached hydrogen (secondary N) is 1. The average molecular weight is 282 g/mol. The van der Waals surface area contributed by atoms with Gasteiger partial charge in [-0.2, -0.15) is 0 Å². The van der Waals surface area contributed by atoms with Crippen LogP contribution < -0.4 is 11.3 Å². The summed E-state index contributed by atoms with van der Waals surface area (Å²) in [5, 5.41) is 0.694. The first-order valence-corrected chi connectivity index (χ1v) is 6.72. The van der Waals surface area contributed by atoms with E-state index in [1.165, 1.54) is 17.8 Å². The monoisotopic (exact) mass is 281 g/mol. The molecule has 1 heterocycles. The zero-order chi connectivity index (χ0) is 13.0. The summed E-state index contributed by atoms with van der Waals surface area (Å²) in [6.45, 7) is 0.258. The van der Waals surface area contributed by atoms with E-state index >= 15 is 0 Å². The molecule has 94 valence electrons. The Bertz CT molecular complexity index is 600. The summed E-state index contributed by atoms with van der Waals surface area (Å²) in [4.78, 5) is 19.3. The molecule has 18 heavy (non-hydrogen) atoms. The summed E-state index contributed by atoms with van der Waals surface area (Å²) in [5.74, 6) is 1.15. The number of nitrogens with zero attached hydrogens (tertiary/aromatic N) is 1. The molecule has 0 aliphatic carbocycles. The molecule has 0 saturated carbocycles. The van der Waals surface area contributed by atoms with Gasteiger partial charge in [0.15, 0.2) is 0 Å². The highest BCUT2D eigenvalue weighted by Gasteiger charge is 2.04. The van der Waals surface area contributed by atoms with Gasteiger partial charge in [0.05, 0.1) is 16.5 Å². The van der Waals surface area contributed by atoms with Crippen molar-refractivity contribution < 1.29 is 0 Å². The summed E-state index contributed by atoms with van der Waals surface area (Å²) in [5.41, 5.74) is 5.89. The van der Waals surface area contributed by atoms with Gasteiger partial charge in [0.25, 0.3) is 5.56 Å². The fourth-order valence-electron chi connectivity index (χ4n) is 1.44. The lowest BCUT2D eigenvalue weighted by molar-refractivity contribution is 0.902. The number of rotatable bonds is 4. The molecule has 0 unspecified atom stereocenters. The van der Waals surface area contributed by atoms with Gasteiger partial charge < -0.3 is 10.7 Å². The second-order valence-corrected chi connectivity index (χ2v) is 5.03. The van der Waals surface area contributed by atoms with Gasteiger partial charge in [-0.25, -0.2) is 4.98 Å². The molecule has 1 aromatic carbocycles. The van der Waals surface area contributed by atoms with Crippen LogP contribution in [-0.4, -0.2) is 9.97 Å². The number of halogens is 1. The molecule has 0 aliphatic heterocycles. The van der Waals surface area contributed by atoms with Crippen LogP contribution in [0.5, 0.6) is 0 Å². The third-order valence-electron chi connectivity index (χ3n) is 2.25. The van der Waals surface area contributed by atoms with Crippen molar-refractivity contribution in [1.29, 1.82) is 0 Å². The number of aromatic nitrogens is 2. The molecule has 2 rings (SSSR count). The van der Waals surface area contributed by atoms with Crippen LogP contribution in [0.15, 0.2) is 40.0 Å². The Morgan fingerprint density at radius 3 is 2.89 bits per heavy atom. The maximum Gasteiger partial charge on any atom is 0.251 e. The zero-order valence-electron chi connectivity index (χ0n) is 9.52. The van der Waals surface area contributed by atoms with Crippen molar-refractivity contribution >= 4 is 23.4 Å². The number of thioether (sulfide) groups is 1. The highest BCUT2D eigenvalue weighted by molar-refractivity contribution is 7.98. The van der Waals surface area contributed by atoms with Crippen LogP contribution in [0.2, 0.25) is 5.02 Å². The predicted molar refractivity (Wildman–Crippen MR) is 73.8 cm³/mol. The van der Waals surface area contributed by atoms with Crippen molar-refractivity contribution in [3.05, 3.63) is 57.2 Å². The summed E-state index contributed by atoms with van der Waals surface area (Å²) in [6.07, 6.45) is 0. The summed E-state index contributed by atoms with van der Waals surface area (Å²) < 4.78 is 0. The zero-order valence-corrected chi connectivity index (χ0v) is 11.1. The summed E-state index contributed by atoms with van der Waals surface area (Å²) >= 11 is 7.57. The first-order chi connectivity index (χ1) is 8.69. The number of hydrogen-bond acceptors (Lipinski definition) is 4. The summed E-state index contributed by atoms with van der Waals surface area (Å²) in [6, 6.07) is 8.96.